The summed E-state index contributed by atoms with van der Waals surface area (Å²) >= 11 is 0. The van der Waals surface area contributed by atoms with E-state index in [-0.39, 0.29) is 18.1 Å². The van der Waals surface area contributed by atoms with Crippen LogP contribution in [0.5, 0.6) is 0 Å². The molecule has 2 atom stereocenters. The molecule has 1 aromatic rings. The van der Waals surface area contributed by atoms with Gasteiger partial charge in [-0.2, -0.15) is 5.10 Å². The average molecular weight is 334 g/mol. The maximum atomic E-state index is 13.0. The normalized spacial score (nSPS) is 23.0. The third-order valence-electron chi connectivity index (χ3n) is 5.38. The summed E-state index contributed by atoms with van der Waals surface area (Å²) in [7, 11) is 1.70. The van der Waals surface area contributed by atoms with Gasteiger partial charge in [-0.25, -0.2) is 4.79 Å². The zero-order chi connectivity index (χ0) is 17.1. The number of aromatic amines is 1. The molecule has 1 saturated carbocycles. The van der Waals surface area contributed by atoms with Gasteiger partial charge in [0.15, 0.2) is 0 Å². The Labute approximate surface area is 144 Å². The van der Waals surface area contributed by atoms with Crippen molar-refractivity contribution in [2.75, 3.05) is 20.3 Å². The highest BCUT2D eigenvalue weighted by Crippen LogP contribution is 2.35. The molecule has 0 unspecified atom stereocenters. The number of H-pyrrole nitrogens is 1. The lowest BCUT2D eigenvalue weighted by Gasteiger charge is -2.32. The second-order valence-electron chi connectivity index (χ2n) is 7.25. The maximum Gasteiger partial charge on any atom is 0.318 e. The zero-order valence-electron chi connectivity index (χ0n) is 15.1. The maximum absolute atomic E-state index is 13.0. The van der Waals surface area contributed by atoms with Gasteiger partial charge in [0, 0.05) is 24.9 Å². The summed E-state index contributed by atoms with van der Waals surface area (Å²) in [6.07, 6.45) is 6.80. The minimum atomic E-state index is 0.0517. The van der Waals surface area contributed by atoms with Gasteiger partial charge in [0.05, 0.1) is 24.4 Å². The molecule has 6 heteroatoms. The van der Waals surface area contributed by atoms with Gasteiger partial charge in [-0.05, 0) is 45.4 Å². The average Bonchev–Trinajstić information content (AvgIpc) is 3.36. The molecule has 1 saturated heterocycles. The van der Waals surface area contributed by atoms with E-state index in [1.54, 1.807) is 7.11 Å². The molecule has 0 aromatic carbocycles. The summed E-state index contributed by atoms with van der Waals surface area (Å²) in [4.78, 5) is 15.1. The first-order valence-corrected chi connectivity index (χ1v) is 9.19. The van der Waals surface area contributed by atoms with Crippen LogP contribution >= 0.6 is 0 Å². The Balaban J connectivity index is 1.77. The Morgan fingerprint density at radius 3 is 2.75 bits per heavy atom. The molecule has 2 amide bonds. The summed E-state index contributed by atoms with van der Waals surface area (Å²) in [5.74, 6) is 0.580. The number of ether oxygens (including phenoxy) is 1. The number of aromatic nitrogens is 2. The van der Waals surface area contributed by atoms with Crippen LogP contribution in [0.2, 0.25) is 0 Å². The standard InChI is InChI=1S/C18H30N4O2/c1-12-17(13(2)21-20-12)16-7-5-4-6-10-22(16)18(23)19-15(11-24-3)14-8-9-14/h14-16H,4-11H2,1-3H3,(H,19,23)(H,20,21)/t15-,16-/m0/s1. The fourth-order valence-corrected chi connectivity index (χ4v) is 3.92. The molecule has 24 heavy (non-hydrogen) atoms. The Morgan fingerprint density at radius 1 is 1.33 bits per heavy atom. The number of hydrogen-bond acceptors (Lipinski definition) is 3. The number of aryl methyl sites for hydroxylation is 2. The van der Waals surface area contributed by atoms with Crippen molar-refractivity contribution < 1.29 is 9.53 Å². The first-order valence-electron chi connectivity index (χ1n) is 9.19. The monoisotopic (exact) mass is 334 g/mol. The van der Waals surface area contributed by atoms with Gasteiger partial charge in [-0.3, -0.25) is 5.10 Å². The van der Waals surface area contributed by atoms with Crippen molar-refractivity contribution in [2.45, 2.75) is 64.5 Å². The topological polar surface area (TPSA) is 70.2 Å². The number of urea groups is 1. The number of amides is 2. The minimum absolute atomic E-state index is 0.0517. The number of rotatable bonds is 5. The predicted molar refractivity (Wildman–Crippen MR) is 92.9 cm³/mol. The minimum Gasteiger partial charge on any atom is -0.383 e. The third-order valence-corrected chi connectivity index (χ3v) is 5.38. The molecule has 3 rings (SSSR count). The lowest BCUT2D eigenvalue weighted by atomic mass is 9.99. The molecular formula is C18H30N4O2. The highest BCUT2D eigenvalue weighted by Gasteiger charge is 2.35. The van der Waals surface area contributed by atoms with Gasteiger partial charge in [0.2, 0.25) is 0 Å². The van der Waals surface area contributed by atoms with Crippen molar-refractivity contribution >= 4 is 6.03 Å². The number of carbonyl (C=O) groups excluding carboxylic acids is 1. The number of carbonyl (C=O) groups is 1. The number of methoxy groups -OCH3 is 1. The quantitative estimate of drug-likeness (QED) is 0.869. The summed E-state index contributed by atoms with van der Waals surface area (Å²) in [5, 5.41) is 10.7. The van der Waals surface area contributed by atoms with Gasteiger partial charge in [0.1, 0.15) is 0 Å². The van der Waals surface area contributed by atoms with Crippen molar-refractivity contribution in [2.24, 2.45) is 5.92 Å². The molecule has 2 heterocycles. The van der Waals surface area contributed by atoms with Crippen LogP contribution in [0.15, 0.2) is 0 Å². The summed E-state index contributed by atoms with van der Waals surface area (Å²) in [6, 6.07) is 0.308. The van der Waals surface area contributed by atoms with E-state index in [1.165, 1.54) is 24.8 Å². The van der Waals surface area contributed by atoms with Gasteiger partial charge in [-0.1, -0.05) is 12.8 Å². The molecule has 0 bridgehead atoms. The van der Waals surface area contributed by atoms with Crippen LogP contribution in [-0.2, 0) is 4.74 Å². The molecule has 0 radical (unpaired) electrons. The first-order chi connectivity index (χ1) is 11.6. The highest BCUT2D eigenvalue weighted by atomic mass is 16.5. The van der Waals surface area contributed by atoms with Crippen LogP contribution in [0.25, 0.3) is 0 Å². The van der Waals surface area contributed by atoms with Crippen LogP contribution in [0.4, 0.5) is 4.79 Å². The fourth-order valence-electron chi connectivity index (χ4n) is 3.92. The largest absolute Gasteiger partial charge is 0.383 e. The van der Waals surface area contributed by atoms with Gasteiger partial charge >= 0.3 is 6.03 Å². The van der Waals surface area contributed by atoms with E-state index in [9.17, 15) is 4.79 Å². The van der Waals surface area contributed by atoms with Gasteiger partial charge < -0.3 is 15.0 Å². The molecule has 2 N–H and O–H groups in total. The molecule has 6 nitrogen and oxygen atoms in total. The van der Waals surface area contributed by atoms with E-state index in [0.29, 0.717) is 12.5 Å². The number of hydrogen-bond donors (Lipinski definition) is 2. The van der Waals surface area contributed by atoms with Crippen molar-refractivity contribution in [3.63, 3.8) is 0 Å². The molecule has 1 aromatic heterocycles. The lowest BCUT2D eigenvalue weighted by Crippen LogP contribution is -2.48. The van der Waals surface area contributed by atoms with E-state index in [0.717, 1.165) is 37.2 Å². The predicted octanol–water partition coefficient (Wildman–Crippen LogP) is 3.08. The van der Waals surface area contributed by atoms with Crippen molar-refractivity contribution in [3.05, 3.63) is 17.0 Å². The summed E-state index contributed by atoms with van der Waals surface area (Å²) in [6.45, 7) is 5.48. The van der Waals surface area contributed by atoms with Crippen LogP contribution in [0.1, 0.15) is 61.5 Å². The fraction of sp³-hybridized carbons (Fsp3) is 0.778. The SMILES string of the molecule is COC[C@H](NC(=O)N1CCCCC[C@H]1c1c(C)n[nH]c1C)C1CC1. The van der Waals surface area contributed by atoms with E-state index < -0.39 is 0 Å². The lowest BCUT2D eigenvalue weighted by molar-refractivity contribution is 0.139. The van der Waals surface area contributed by atoms with Crippen LogP contribution < -0.4 is 5.32 Å². The second-order valence-corrected chi connectivity index (χ2v) is 7.25. The van der Waals surface area contributed by atoms with E-state index in [4.69, 9.17) is 4.74 Å². The Hall–Kier alpha value is -1.56. The third kappa shape index (κ3) is 3.74. The molecule has 0 spiro atoms. The summed E-state index contributed by atoms with van der Waals surface area (Å²) in [5.41, 5.74) is 3.28. The van der Waals surface area contributed by atoms with Crippen molar-refractivity contribution in [3.8, 4) is 0 Å². The van der Waals surface area contributed by atoms with Crippen LogP contribution in [-0.4, -0.2) is 47.4 Å². The van der Waals surface area contributed by atoms with E-state index in [2.05, 4.69) is 15.5 Å². The smallest absolute Gasteiger partial charge is 0.318 e. The second kappa shape index (κ2) is 7.55. The molecular weight excluding hydrogens is 304 g/mol. The van der Waals surface area contributed by atoms with E-state index >= 15 is 0 Å². The first kappa shape index (κ1) is 17.3. The summed E-state index contributed by atoms with van der Waals surface area (Å²) < 4.78 is 5.31. The van der Waals surface area contributed by atoms with Crippen LogP contribution in [0.3, 0.4) is 0 Å². The van der Waals surface area contributed by atoms with Crippen molar-refractivity contribution in [1.29, 1.82) is 0 Å². The van der Waals surface area contributed by atoms with Crippen molar-refractivity contribution in [1.82, 2.24) is 20.4 Å². The highest BCUT2D eigenvalue weighted by molar-refractivity contribution is 5.75. The Morgan fingerprint density at radius 2 is 2.12 bits per heavy atom. The van der Waals surface area contributed by atoms with Gasteiger partial charge in [0.25, 0.3) is 0 Å². The van der Waals surface area contributed by atoms with Crippen LogP contribution in [0, 0.1) is 19.8 Å². The van der Waals surface area contributed by atoms with E-state index in [1.807, 2.05) is 18.7 Å². The number of likely N-dealkylation sites (tertiary alicyclic amines) is 1. The Bertz CT molecular complexity index is 548. The number of nitrogens with zero attached hydrogens (tertiary/aromatic N) is 2. The molecule has 1 aliphatic heterocycles. The molecule has 134 valence electrons. The Kier molecular flexibility index (Phi) is 5.43. The molecule has 2 fully saturated rings. The zero-order valence-corrected chi connectivity index (χ0v) is 15.1. The molecule has 1 aliphatic carbocycles. The van der Waals surface area contributed by atoms with Gasteiger partial charge in [-0.15, -0.1) is 0 Å². The number of nitrogens with one attached hydrogen (secondary N) is 2. The molecule has 2 aliphatic rings.